The molecule has 3 amide bonds. The molecule has 2 aliphatic rings. The van der Waals surface area contributed by atoms with Gasteiger partial charge in [0.1, 0.15) is 5.75 Å². The minimum absolute atomic E-state index is 0.0340. The highest BCUT2D eigenvalue weighted by Gasteiger charge is 2.47. The fourth-order valence-corrected chi connectivity index (χ4v) is 3.55. The Labute approximate surface area is 168 Å². The van der Waals surface area contributed by atoms with Crippen LogP contribution in [0, 0.1) is 11.8 Å². The van der Waals surface area contributed by atoms with Crippen LogP contribution in [-0.4, -0.2) is 48.3 Å². The van der Waals surface area contributed by atoms with Gasteiger partial charge in [0.2, 0.25) is 11.8 Å². The van der Waals surface area contributed by atoms with Crippen molar-refractivity contribution in [2.24, 2.45) is 11.8 Å². The number of nitrogens with zero attached hydrogens (tertiary/aromatic N) is 1. The topological polar surface area (TPSA) is 102 Å². The maximum Gasteiger partial charge on any atom is 0.308 e. The number of rotatable bonds is 7. The summed E-state index contributed by atoms with van der Waals surface area (Å²) in [5.74, 6) is -1.67. The van der Waals surface area contributed by atoms with E-state index in [1.807, 2.05) is 12.2 Å². The van der Waals surface area contributed by atoms with Crippen molar-refractivity contribution in [1.82, 2.24) is 4.90 Å². The highest BCUT2D eigenvalue weighted by atomic mass is 16.5. The second-order valence-electron chi connectivity index (χ2n) is 7.09. The van der Waals surface area contributed by atoms with Gasteiger partial charge >= 0.3 is 5.97 Å². The number of imide groups is 1. The van der Waals surface area contributed by atoms with Gasteiger partial charge in [0.05, 0.1) is 25.4 Å². The molecule has 1 saturated heterocycles. The molecule has 1 fully saturated rings. The third-order valence-electron chi connectivity index (χ3n) is 5.15. The number of benzene rings is 1. The molecule has 0 unspecified atom stereocenters. The van der Waals surface area contributed by atoms with Gasteiger partial charge < -0.3 is 14.8 Å². The Hall–Kier alpha value is -3.16. The predicted molar refractivity (Wildman–Crippen MR) is 104 cm³/mol. The number of anilines is 1. The molecular formula is C21H24N2O6. The first-order valence-electron chi connectivity index (χ1n) is 9.55. The molecule has 1 aliphatic carbocycles. The maximum absolute atomic E-state index is 12.4. The molecule has 3 atom stereocenters. The van der Waals surface area contributed by atoms with E-state index in [1.54, 1.807) is 24.3 Å². The Bertz CT molecular complexity index is 823. The smallest absolute Gasteiger partial charge is 0.308 e. The lowest BCUT2D eigenvalue weighted by atomic mass is 9.85. The van der Waals surface area contributed by atoms with Gasteiger partial charge in [0.25, 0.3) is 5.91 Å². The van der Waals surface area contributed by atoms with E-state index >= 15 is 0 Å². The Balaban J connectivity index is 1.48. The number of fused-ring (bicyclic) bond motifs is 1. The summed E-state index contributed by atoms with van der Waals surface area (Å²) >= 11 is 0. The highest BCUT2D eigenvalue weighted by molar-refractivity contribution is 6.05. The van der Waals surface area contributed by atoms with Gasteiger partial charge in [-0.2, -0.15) is 0 Å². The molecule has 1 aliphatic heterocycles. The van der Waals surface area contributed by atoms with E-state index in [1.165, 1.54) is 14.0 Å². The van der Waals surface area contributed by atoms with Crippen LogP contribution in [0.2, 0.25) is 0 Å². The van der Waals surface area contributed by atoms with Gasteiger partial charge in [-0.1, -0.05) is 18.2 Å². The van der Waals surface area contributed by atoms with Crippen LogP contribution in [0.25, 0.3) is 0 Å². The molecule has 29 heavy (non-hydrogen) atoms. The number of likely N-dealkylation sites (tertiary alicyclic amines) is 1. The number of methoxy groups -OCH3 is 1. The Morgan fingerprint density at radius 3 is 2.45 bits per heavy atom. The van der Waals surface area contributed by atoms with Crippen molar-refractivity contribution in [2.45, 2.75) is 32.3 Å². The van der Waals surface area contributed by atoms with Crippen LogP contribution in [0.1, 0.15) is 26.2 Å². The third-order valence-corrected chi connectivity index (χ3v) is 5.15. The van der Waals surface area contributed by atoms with Crippen molar-refractivity contribution in [3.8, 4) is 5.75 Å². The standard InChI is InChI=1S/C21H24N2O6/c1-13(19(25)22-14-6-5-7-15(12-14)28-2)29-18(24)10-11-23-20(26)16-8-3-4-9-17(16)21(23)27/h3-7,12-13,16-17H,8-11H2,1-2H3,(H,22,25)/t13-,16-,17+/m0/s1. The van der Waals surface area contributed by atoms with Crippen molar-refractivity contribution < 1.29 is 28.7 Å². The molecule has 0 aromatic heterocycles. The lowest BCUT2D eigenvalue weighted by Crippen LogP contribution is -2.35. The lowest BCUT2D eigenvalue weighted by molar-refractivity contribution is -0.154. The minimum Gasteiger partial charge on any atom is -0.497 e. The summed E-state index contributed by atoms with van der Waals surface area (Å²) in [4.78, 5) is 50.3. The molecule has 8 heteroatoms. The van der Waals surface area contributed by atoms with Gasteiger partial charge in [-0.05, 0) is 31.9 Å². The van der Waals surface area contributed by atoms with Crippen LogP contribution >= 0.6 is 0 Å². The second kappa shape index (κ2) is 8.89. The number of nitrogens with one attached hydrogen (secondary N) is 1. The van der Waals surface area contributed by atoms with Gasteiger partial charge in [-0.15, -0.1) is 0 Å². The zero-order valence-corrected chi connectivity index (χ0v) is 16.4. The molecule has 8 nitrogen and oxygen atoms in total. The molecule has 0 bridgehead atoms. The van der Waals surface area contributed by atoms with Crippen LogP contribution in [0.15, 0.2) is 36.4 Å². The molecule has 154 valence electrons. The maximum atomic E-state index is 12.4. The van der Waals surface area contributed by atoms with Gasteiger partial charge in [0, 0.05) is 18.3 Å². The molecule has 1 N–H and O–H groups in total. The second-order valence-corrected chi connectivity index (χ2v) is 7.09. The molecule has 1 aromatic carbocycles. The average Bonchev–Trinajstić information content (AvgIpc) is 2.97. The first-order chi connectivity index (χ1) is 13.9. The van der Waals surface area contributed by atoms with Crippen molar-refractivity contribution in [3.63, 3.8) is 0 Å². The zero-order chi connectivity index (χ0) is 21.0. The Kier molecular flexibility index (Phi) is 6.31. The summed E-state index contributed by atoms with van der Waals surface area (Å²) in [5, 5.41) is 2.65. The van der Waals surface area contributed by atoms with Gasteiger partial charge in [0.15, 0.2) is 6.10 Å². The monoisotopic (exact) mass is 400 g/mol. The van der Waals surface area contributed by atoms with Crippen LogP contribution in [0.5, 0.6) is 5.75 Å². The number of hydrogen-bond acceptors (Lipinski definition) is 6. The largest absolute Gasteiger partial charge is 0.497 e. The fraction of sp³-hybridized carbons (Fsp3) is 0.429. The quantitative estimate of drug-likeness (QED) is 0.426. The Morgan fingerprint density at radius 2 is 1.83 bits per heavy atom. The fourth-order valence-electron chi connectivity index (χ4n) is 3.55. The molecule has 0 spiro atoms. The van der Waals surface area contributed by atoms with E-state index in [0.29, 0.717) is 24.3 Å². The number of esters is 1. The lowest BCUT2D eigenvalue weighted by Gasteiger charge is -2.16. The molecule has 0 saturated carbocycles. The summed E-state index contributed by atoms with van der Waals surface area (Å²) in [6.45, 7) is 1.42. The van der Waals surface area contributed by atoms with E-state index in [-0.39, 0.29) is 36.6 Å². The summed E-state index contributed by atoms with van der Waals surface area (Å²) in [5.41, 5.74) is 0.515. The number of carbonyl (C=O) groups is 4. The molecular weight excluding hydrogens is 376 g/mol. The van der Waals surface area contributed by atoms with Crippen LogP contribution < -0.4 is 10.1 Å². The summed E-state index contributed by atoms with van der Waals surface area (Å²) in [6, 6.07) is 6.80. The number of hydrogen-bond donors (Lipinski definition) is 1. The third kappa shape index (κ3) is 4.64. The average molecular weight is 400 g/mol. The van der Waals surface area contributed by atoms with Crippen LogP contribution in [-0.2, 0) is 23.9 Å². The van der Waals surface area contributed by atoms with Crippen LogP contribution in [0.3, 0.4) is 0 Å². The SMILES string of the molecule is COc1cccc(NC(=O)[C@H](C)OC(=O)CCN2C(=O)[C@H]3CC=CC[C@H]3C2=O)c1. The summed E-state index contributed by atoms with van der Waals surface area (Å²) in [6.07, 6.45) is 3.75. The van der Waals surface area contributed by atoms with Gasteiger partial charge in [-0.25, -0.2) is 0 Å². The number of allylic oxidation sites excluding steroid dienone is 2. The highest BCUT2D eigenvalue weighted by Crippen LogP contribution is 2.35. The van der Waals surface area contributed by atoms with Crippen molar-refractivity contribution in [3.05, 3.63) is 36.4 Å². The minimum atomic E-state index is -1.02. The van der Waals surface area contributed by atoms with Crippen molar-refractivity contribution >= 4 is 29.4 Å². The molecule has 0 radical (unpaired) electrons. The Morgan fingerprint density at radius 1 is 1.17 bits per heavy atom. The molecule has 1 heterocycles. The van der Waals surface area contributed by atoms with Crippen molar-refractivity contribution in [1.29, 1.82) is 0 Å². The van der Waals surface area contributed by atoms with Gasteiger partial charge in [-0.3, -0.25) is 24.1 Å². The summed E-state index contributed by atoms with van der Waals surface area (Å²) in [7, 11) is 1.52. The first kappa shape index (κ1) is 20.6. The van der Waals surface area contributed by atoms with E-state index in [0.717, 1.165) is 4.90 Å². The number of carbonyl (C=O) groups excluding carboxylic acids is 4. The summed E-state index contributed by atoms with van der Waals surface area (Å²) < 4.78 is 10.2. The van der Waals surface area contributed by atoms with E-state index in [9.17, 15) is 19.2 Å². The van der Waals surface area contributed by atoms with Crippen molar-refractivity contribution in [2.75, 3.05) is 19.0 Å². The normalized spacial score (nSPS) is 21.5. The molecule has 3 rings (SSSR count). The zero-order valence-electron chi connectivity index (χ0n) is 16.4. The first-order valence-corrected chi connectivity index (χ1v) is 9.55. The number of ether oxygens (including phenoxy) is 2. The predicted octanol–water partition coefficient (Wildman–Crippen LogP) is 1.91. The van der Waals surface area contributed by atoms with Crippen LogP contribution in [0.4, 0.5) is 5.69 Å². The van der Waals surface area contributed by atoms with E-state index in [4.69, 9.17) is 9.47 Å². The van der Waals surface area contributed by atoms with E-state index in [2.05, 4.69) is 5.32 Å². The number of amides is 3. The molecule has 1 aromatic rings. The van der Waals surface area contributed by atoms with E-state index < -0.39 is 18.0 Å².